The fraction of sp³-hybridized carbons (Fsp3) is 0.442. The Hall–Kier alpha value is -5.16. The molecule has 3 aromatic heterocycles. The number of thiazole rings is 1. The summed E-state index contributed by atoms with van der Waals surface area (Å²) in [4.78, 5) is 58.6. The predicted molar refractivity (Wildman–Crippen MR) is 218 cm³/mol. The van der Waals surface area contributed by atoms with Gasteiger partial charge in [0.2, 0.25) is 27.4 Å². The number of likely N-dealkylation sites (tertiary alicyclic amines) is 1. The molecule has 1 aliphatic heterocycles. The van der Waals surface area contributed by atoms with Gasteiger partial charge in [0.25, 0.3) is 5.88 Å². The number of rotatable bonds is 13. The predicted octanol–water partition coefficient (Wildman–Crippen LogP) is 7.84. The summed E-state index contributed by atoms with van der Waals surface area (Å²) in [7, 11) is -3.91. The number of sulfonamides is 1. The number of Topliss-reactive ketones (excluding diaryl/α,β-unsaturated/α-hetero) is 1. The lowest BCUT2D eigenvalue weighted by Crippen LogP contribution is -2.48. The van der Waals surface area contributed by atoms with E-state index in [0.717, 1.165) is 22.8 Å². The molecule has 12 nitrogen and oxygen atoms in total. The Bertz CT molecular complexity index is 2630. The number of carbonyl (C=O) groups excluding carboxylic acids is 3. The van der Waals surface area contributed by atoms with E-state index in [1.807, 2.05) is 33.1 Å². The third-order valence-corrected chi connectivity index (χ3v) is 14.6. The first-order valence-electron chi connectivity index (χ1n) is 19.7. The molecule has 0 radical (unpaired) electrons. The third kappa shape index (κ3) is 8.05. The Balaban J connectivity index is 1.15. The van der Waals surface area contributed by atoms with Crippen molar-refractivity contribution in [2.24, 2.45) is 22.7 Å². The average molecular weight is 864 g/mol. The lowest BCUT2D eigenvalue weighted by atomic mass is 9.77. The summed E-state index contributed by atoms with van der Waals surface area (Å²) in [5.74, 6) is -2.53. The number of fused-ring (bicyclic) bond motifs is 3. The second kappa shape index (κ2) is 15.1. The molecule has 2 saturated carbocycles. The number of benzene rings is 2. The Morgan fingerprint density at radius 1 is 1.08 bits per heavy atom. The van der Waals surface area contributed by atoms with Crippen LogP contribution in [0.15, 0.2) is 71.0 Å². The molecular weight excluding hydrogens is 820 g/mol. The van der Waals surface area contributed by atoms with Crippen molar-refractivity contribution >= 4 is 61.0 Å². The number of hydrogen-bond acceptors (Lipinski definition) is 11. The van der Waals surface area contributed by atoms with Crippen LogP contribution in [-0.4, -0.2) is 69.8 Å². The lowest BCUT2D eigenvalue weighted by molar-refractivity contribution is -0.144. The highest BCUT2D eigenvalue weighted by molar-refractivity contribution is 7.90. The molecule has 60 heavy (non-hydrogen) atoms. The molecule has 0 bridgehead atoms. The van der Waals surface area contributed by atoms with Crippen molar-refractivity contribution in [1.82, 2.24) is 24.6 Å². The zero-order valence-corrected chi connectivity index (χ0v) is 35.0. The standard InChI is InChI=1S/C43H44F3N5O7S2/c1-6-25-19-42(25,40(54)50-60(55,56)28-15-16-28)20-32(52)31-17-27(21-51(31)39(53)30(41(3,4)5)18-34-47-23(2)22-59-34)57-38-36-35(29-9-7-8-10-33(29)58-36)48-37(49-38)24-11-13-26(14-12-24)43(44,45)46/h6-14,22,25,27-28,30-31H,1,15-21H2,2-5H3,(H,50,54)/t25-,27-,30-,31+,42-/m1/s1. The number of aromatic nitrogens is 3. The Labute approximate surface area is 348 Å². The van der Waals surface area contributed by atoms with E-state index < -0.39 is 73.5 Å². The number of carbonyl (C=O) groups is 3. The number of amides is 2. The van der Waals surface area contributed by atoms with Gasteiger partial charge in [-0.05, 0) is 61.8 Å². The van der Waals surface area contributed by atoms with E-state index in [1.54, 1.807) is 30.3 Å². The van der Waals surface area contributed by atoms with Gasteiger partial charge in [-0.3, -0.25) is 19.1 Å². The van der Waals surface area contributed by atoms with Crippen LogP contribution in [-0.2, 0) is 37.0 Å². The van der Waals surface area contributed by atoms with Gasteiger partial charge in [0.15, 0.2) is 11.6 Å². The van der Waals surface area contributed by atoms with Gasteiger partial charge in [0.1, 0.15) is 17.2 Å². The van der Waals surface area contributed by atoms with Crippen LogP contribution in [0.25, 0.3) is 33.5 Å². The summed E-state index contributed by atoms with van der Waals surface area (Å²) >= 11 is 1.44. The summed E-state index contributed by atoms with van der Waals surface area (Å²) < 4.78 is 81.0. The Morgan fingerprint density at radius 3 is 2.42 bits per heavy atom. The maximum absolute atomic E-state index is 14.9. The number of nitrogens with one attached hydrogen (secondary N) is 1. The molecule has 5 atom stereocenters. The van der Waals surface area contributed by atoms with Gasteiger partial charge in [-0.1, -0.05) is 51.1 Å². The van der Waals surface area contributed by atoms with Crippen molar-refractivity contribution in [3.8, 4) is 17.3 Å². The van der Waals surface area contributed by atoms with Crippen LogP contribution in [0, 0.1) is 29.6 Å². The molecular formula is C43H44F3N5O7S2. The summed E-state index contributed by atoms with van der Waals surface area (Å²) in [6.07, 6.45) is -2.73. The first-order chi connectivity index (χ1) is 28.3. The maximum Gasteiger partial charge on any atom is 0.416 e. The van der Waals surface area contributed by atoms with E-state index in [2.05, 4.69) is 26.3 Å². The first kappa shape index (κ1) is 41.6. The molecule has 3 aliphatic rings. The third-order valence-electron chi connectivity index (χ3n) is 11.8. The van der Waals surface area contributed by atoms with Crippen LogP contribution in [0.1, 0.15) is 69.1 Å². The SMILES string of the molecule is C=C[C@@H]1C[C@]1(CC(=O)[C@@H]1C[C@@H](Oc2nc(-c3ccc(C(F)(F)F)cc3)nc3c2oc2ccccc23)CN1C(=O)[C@@H](Cc1nc(C)cs1)C(C)(C)C)C(=O)NS(=O)(=O)C1CC1. The van der Waals surface area contributed by atoms with Crippen LogP contribution in [0.2, 0.25) is 0 Å². The summed E-state index contributed by atoms with van der Waals surface area (Å²) in [6.45, 7) is 11.5. The summed E-state index contributed by atoms with van der Waals surface area (Å²) in [5, 5.41) is 2.64. The fourth-order valence-electron chi connectivity index (χ4n) is 8.12. The van der Waals surface area contributed by atoms with E-state index in [0.29, 0.717) is 35.7 Å². The molecule has 8 rings (SSSR count). The zero-order valence-electron chi connectivity index (χ0n) is 33.4. The Morgan fingerprint density at radius 2 is 1.80 bits per heavy atom. The summed E-state index contributed by atoms with van der Waals surface area (Å²) in [6, 6.07) is 10.4. The largest absolute Gasteiger partial charge is 0.470 e. The number of aryl methyl sites for hydroxylation is 1. The average Bonchev–Trinajstić information content (AvgIpc) is 4.04. The number of ether oxygens (including phenoxy) is 1. The number of furan rings is 1. The molecule has 3 fully saturated rings. The monoisotopic (exact) mass is 863 g/mol. The molecule has 316 valence electrons. The molecule has 4 heterocycles. The second-order valence-corrected chi connectivity index (χ2v) is 20.1. The number of ketones is 1. The molecule has 1 saturated heterocycles. The quantitative estimate of drug-likeness (QED) is 0.116. The number of alkyl halides is 3. The molecule has 5 aromatic rings. The van der Waals surface area contributed by atoms with Crippen molar-refractivity contribution in [2.45, 2.75) is 89.8 Å². The highest BCUT2D eigenvalue weighted by Crippen LogP contribution is 2.57. The summed E-state index contributed by atoms with van der Waals surface area (Å²) in [5.41, 5.74) is -0.656. The van der Waals surface area contributed by atoms with Gasteiger partial charge in [-0.25, -0.2) is 18.4 Å². The van der Waals surface area contributed by atoms with E-state index in [-0.39, 0.29) is 54.6 Å². The van der Waals surface area contributed by atoms with Crippen LogP contribution < -0.4 is 9.46 Å². The minimum Gasteiger partial charge on any atom is -0.470 e. The minimum atomic E-state index is -4.55. The molecule has 2 aromatic carbocycles. The molecule has 1 N–H and O–H groups in total. The van der Waals surface area contributed by atoms with E-state index in [4.69, 9.17) is 9.15 Å². The highest BCUT2D eigenvalue weighted by atomic mass is 32.2. The van der Waals surface area contributed by atoms with Gasteiger partial charge in [0.05, 0.1) is 33.8 Å². The van der Waals surface area contributed by atoms with Crippen molar-refractivity contribution < 1.29 is 45.1 Å². The van der Waals surface area contributed by atoms with Crippen LogP contribution in [0.5, 0.6) is 5.88 Å². The number of halogens is 3. The molecule has 2 amide bonds. The van der Waals surface area contributed by atoms with Gasteiger partial charge in [0, 0.05) is 47.2 Å². The van der Waals surface area contributed by atoms with Crippen LogP contribution >= 0.6 is 11.3 Å². The van der Waals surface area contributed by atoms with Gasteiger partial charge < -0.3 is 14.1 Å². The number of nitrogens with zero attached hydrogens (tertiary/aromatic N) is 4. The molecule has 17 heteroatoms. The molecule has 0 unspecified atom stereocenters. The van der Waals surface area contributed by atoms with E-state index in [1.165, 1.54) is 28.4 Å². The number of para-hydroxylation sites is 1. The number of allylic oxidation sites excluding steroid dienone is 1. The van der Waals surface area contributed by atoms with E-state index >= 15 is 0 Å². The molecule has 2 aliphatic carbocycles. The fourth-order valence-corrected chi connectivity index (χ4v) is 10.3. The van der Waals surface area contributed by atoms with Crippen molar-refractivity contribution in [3.63, 3.8) is 0 Å². The van der Waals surface area contributed by atoms with Gasteiger partial charge in [-0.2, -0.15) is 18.2 Å². The van der Waals surface area contributed by atoms with Crippen molar-refractivity contribution in [1.29, 1.82) is 0 Å². The normalized spacial score (nSPS) is 22.5. The topological polar surface area (TPSA) is 162 Å². The van der Waals surface area contributed by atoms with Crippen molar-refractivity contribution in [3.05, 3.63) is 82.8 Å². The smallest absolute Gasteiger partial charge is 0.416 e. The highest BCUT2D eigenvalue weighted by Gasteiger charge is 2.61. The van der Waals surface area contributed by atoms with Crippen LogP contribution in [0.4, 0.5) is 13.2 Å². The minimum absolute atomic E-state index is 0.00401. The number of hydrogen-bond donors (Lipinski definition) is 1. The first-order valence-corrected chi connectivity index (χ1v) is 22.2. The maximum atomic E-state index is 14.9. The second-order valence-electron chi connectivity index (χ2n) is 17.2. The zero-order chi connectivity index (χ0) is 42.9. The van der Waals surface area contributed by atoms with Crippen LogP contribution in [0.3, 0.4) is 0 Å². The van der Waals surface area contributed by atoms with Gasteiger partial charge in [-0.15, -0.1) is 17.9 Å². The Kier molecular flexibility index (Phi) is 10.4. The van der Waals surface area contributed by atoms with Crippen molar-refractivity contribution in [2.75, 3.05) is 6.54 Å². The molecule has 0 spiro atoms. The lowest BCUT2D eigenvalue weighted by Gasteiger charge is -2.35. The van der Waals surface area contributed by atoms with E-state index in [9.17, 15) is 36.0 Å². The van der Waals surface area contributed by atoms with Gasteiger partial charge >= 0.3 is 6.18 Å².